The Morgan fingerprint density at radius 1 is 1.31 bits per heavy atom. The van der Waals surface area contributed by atoms with E-state index in [9.17, 15) is 14.0 Å². The van der Waals surface area contributed by atoms with Crippen LogP contribution in [0.5, 0.6) is 5.75 Å². The van der Waals surface area contributed by atoms with Crippen molar-refractivity contribution < 1.29 is 28.2 Å². The Bertz CT molecular complexity index is 1410. The van der Waals surface area contributed by atoms with E-state index in [0.717, 1.165) is 6.42 Å². The maximum absolute atomic E-state index is 13.6. The monoisotopic (exact) mass is 555 g/mol. The number of hydrogen-bond donors (Lipinski definition) is 2. The number of nitrogens with zero attached hydrogens (tertiary/aromatic N) is 3. The maximum atomic E-state index is 13.6. The molecule has 2 aromatic carbocycles. The highest BCUT2D eigenvalue weighted by Crippen LogP contribution is 2.35. The van der Waals surface area contributed by atoms with Crippen molar-refractivity contribution in [2.45, 2.75) is 25.6 Å². The maximum Gasteiger partial charge on any atom is 0.325 e. The molecule has 0 radical (unpaired) electrons. The molecular formula is C27H27ClFN5O5. The normalized spacial score (nSPS) is 19.4. The number of carbonyl (C=O) groups is 2. The van der Waals surface area contributed by atoms with Gasteiger partial charge in [0.05, 0.1) is 36.0 Å². The molecule has 1 aromatic heterocycles. The fourth-order valence-electron chi connectivity index (χ4n) is 4.35. The Morgan fingerprint density at radius 3 is 2.95 bits per heavy atom. The SMILES string of the molecule is C[C@@H]1CN(C(=O)C=CCNc2cc3c(Nc4ccc(F)c(Cl)c4)ncnc3cc2O[C@H]2CCOC2)CC(=O)O1. The molecule has 0 aliphatic carbocycles. The number of carbonyl (C=O) groups excluding carboxylic acids is 2. The summed E-state index contributed by atoms with van der Waals surface area (Å²) in [6.07, 6.45) is 4.87. The van der Waals surface area contributed by atoms with Crippen LogP contribution in [0.1, 0.15) is 13.3 Å². The lowest BCUT2D eigenvalue weighted by atomic mass is 10.1. The highest BCUT2D eigenvalue weighted by molar-refractivity contribution is 6.31. The molecule has 2 N–H and O–H groups in total. The van der Waals surface area contributed by atoms with Crippen LogP contribution >= 0.6 is 11.6 Å². The van der Waals surface area contributed by atoms with Crippen molar-refractivity contribution in [2.75, 3.05) is 43.5 Å². The number of esters is 1. The average molecular weight is 556 g/mol. The van der Waals surface area contributed by atoms with Gasteiger partial charge >= 0.3 is 5.97 Å². The van der Waals surface area contributed by atoms with Crippen molar-refractivity contribution in [1.29, 1.82) is 0 Å². The number of anilines is 3. The minimum atomic E-state index is -0.514. The van der Waals surface area contributed by atoms with Crippen molar-refractivity contribution >= 4 is 51.6 Å². The Labute approximate surface area is 229 Å². The molecule has 2 atom stereocenters. The summed E-state index contributed by atoms with van der Waals surface area (Å²) in [5.74, 6) is -0.119. The number of hydrogen-bond acceptors (Lipinski definition) is 9. The number of halogens is 2. The number of aromatic nitrogens is 2. The van der Waals surface area contributed by atoms with E-state index >= 15 is 0 Å². The molecule has 2 fully saturated rings. The van der Waals surface area contributed by atoms with Crippen LogP contribution in [0.4, 0.5) is 21.6 Å². The summed E-state index contributed by atoms with van der Waals surface area (Å²) >= 11 is 5.94. The van der Waals surface area contributed by atoms with Gasteiger partial charge in [-0.3, -0.25) is 9.59 Å². The summed E-state index contributed by atoms with van der Waals surface area (Å²) in [6.45, 7) is 3.46. The molecule has 3 aromatic rings. The van der Waals surface area contributed by atoms with Gasteiger partial charge in [0.25, 0.3) is 0 Å². The van der Waals surface area contributed by atoms with Crippen molar-refractivity contribution in [1.82, 2.24) is 14.9 Å². The molecule has 3 heterocycles. The molecule has 10 nitrogen and oxygen atoms in total. The molecule has 204 valence electrons. The van der Waals surface area contributed by atoms with Gasteiger partial charge in [-0.05, 0) is 31.2 Å². The van der Waals surface area contributed by atoms with Gasteiger partial charge in [-0.25, -0.2) is 14.4 Å². The minimum Gasteiger partial charge on any atom is -0.486 e. The first-order valence-corrected chi connectivity index (χ1v) is 12.9. The van der Waals surface area contributed by atoms with Crippen LogP contribution in [-0.2, 0) is 19.1 Å². The molecule has 39 heavy (non-hydrogen) atoms. The second-order valence-corrected chi connectivity index (χ2v) is 9.65. The third-order valence-electron chi connectivity index (χ3n) is 6.21. The molecule has 0 spiro atoms. The van der Waals surface area contributed by atoms with E-state index in [4.69, 9.17) is 25.8 Å². The van der Waals surface area contributed by atoms with Crippen molar-refractivity contribution in [3.63, 3.8) is 0 Å². The van der Waals surface area contributed by atoms with Gasteiger partial charge in [0.1, 0.15) is 42.5 Å². The molecule has 0 unspecified atom stereocenters. The number of rotatable bonds is 8. The van der Waals surface area contributed by atoms with Crippen LogP contribution in [0.15, 0.2) is 48.8 Å². The molecule has 2 saturated heterocycles. The van der Waals surface area contributed by atoms with Crippen LogP contribution in [0, 0.1) is 5.82 Å². The molecular weight excluding hydrogens is 529 g/mol. The number of fused-ring (bicyclic) bond motifs is 1. The summed E-state index contributed by atoms with van der Waals surface area (Å²) in [7, 11) is 0. The van der Waals surface area contributed by atoms with E-state index in [1.807, 2.05) is 12.1 Å². The third-order valence-corrected chi connectivity index (χ3v) is 6.50. The molecule has 0 saturated carbocycles. The lowest BCUT2D eigenvalue weighted by Crippen LogP contribution is -2.46. The lowest BCUT2D eigenvalue weighted by molar-refractivity contribution is -0.161. The standard InChI is InChI=1S/C27H27ClFN5O5/c1-16-12-34(13-26(36)38-16)25(35)3-2-7-30-23-10-19-22(11-24(23)39-18-6-8-37-14-18)31-15-32-27(19)33-17-4-5-21(29)20(28)9-17/h2-5,9-11,15-16,18,30H,6-8,12-14H2,1H3,(H,31,32,33)/t16-,18+/m1/s1. The van der Waals surface area contributed by atoms with E-state index in [1.54, 1.807) is 19.1 Å². The number of benzene rings is 2. The van der Waals surface area contributed by atoms with Crippen LogP contribution < -0.4 is 15.4 Å². The van der Waals surface area contributed by atoms with Crippen LogP contribution in [-0.4, -0.2) is 71.8 Å². The predicted molar refractivity (Wildman–Crippen MR) is 144 cm³/mol. The molecule has 0 bridgehead atoms. The van der Waals surface area contributed by atoms with Crippen molar-refractivity contribution in [3.05, 3.63) is 59.7 Å². The smallest absolute Gasteiger partial charge is 0.325 e. The number of nitrogens with one attached hydrogen (secondary N) is 2. The lowest BCUT2D eigenvalue weighted by Gasteiger charge is -2.29. The zero-order valence-corrected chi connectivity index (χ0v) is 21.9. The minimum absolute atomic E-state index is 0.00702. The fraction of sp³-hybridized carbons (Fsp3) is 0.333. The number of cyclic esters (lactones) is 1. The molecule has 2 aliphatic heterocycles. The van der Waals surface area contributed by atoms with Gasteiger partial charge in [-0.1, -0.05) is 17.7 Å². The van der Waals surface area contributed by atoms with Crippen LogP contribution in [0.3, 0.4) is 0 Å². The summed E-state index contributed by atoms with van der Waals surface area (Å²) in [5.41, 5.74) is 1.87. The van der Waals surface area contributed by atoms with Gasteiger partial charge in [-0.15, -0.1) is 0 Å². The molecule has 5 rings (SSSR count). The summed E-state index contributed by atoms with van der Waals surface area (Å²) in [4.78, 5) is 34.4. The topological polar surface area (TPSA) is 115 Å². The quantitative estimate of drug-likeness (QED) is 0.313. The zero-order chi connectivity index (χ0) is 27.4. The Morgan fingerprint density at radius 2 is 2.18 bits per heavy atom. The average Bonchev–Trinajstić information content (AvgIpc) is 3.41. The first-order valence-electron chi connectivity index (χ1n) is 12.5. The zero-order valence-electron chi connectivity index (χ0n) is 21.2. The third kappa shape index (κ3) is 6.55. The second-order valence-electron chi connectivity index (χ2n) is 9.25. The van der Waals surface area contributed by atoms with E-state index in [1.165, 1.54) is 29.4 Å². The largest absolute Gasteiger partial charge is 0.486 e. The van der Waals surface area contributed by atoms with Crippen LogP contribution in [0.2, 0.25) is 5.02 Å². The van der Waals surface area contributed by atoms with E-state index < -0.39 is 11.8 Å². The fourth-order valence-corrected chi connectivity index (χ4v) is 4.53. The van der Waals surface area contributed by atoms with Crippen LogP contribution in [0.25, 0.3) is 10.9 Å². The van der Waals surface area contributed by atoms with Gasteiger partial charge < -0.3 is 29.7 Å². The first-order chi connectivity index (χ1) is 18.9. The van der Waals surface area contributed by atoms with E-state index in [0.29, 0.717) is 60.1 Å². The van der Waals surface area contributed by atoms with Gasteiger partial charge in [0.2, 0.25) is 5.91 Å². The van der Waals surface area contributed by atoms with E-state index in [-0.39, 0.29) is 29.7 Å². The summed E-state index contributed by atoms with van der Waals surface area (Å²) < 4.78 is 30.4. The Balaban J connectivity index is 1.37. The van der Waals surface area contributed by atoms with Crippen molar-refractivity contribution in [3.8, 4) is 5.75 Å². The second kappa shape index (κ2) is 11.8. The Hall–Kier alpha value is -3.96. The van der Waals surface area contributed by atoms with Crippen molar-refractivity contribution in [2.24, 2.45) is 0 Å². The Kier molecular flexibility index (Phi) is 8.08. The highest BCUT2D eigenvalue weighted by Gasteiger charge is 2.26. The number of amides is 1. The highest BCUT2D eigenvalue weighted by atomic mass is 35.5. The molecule has 1 amide bonds. The van der Waals surface area contributed by atoms with Gasteiger partial charge in [0.15, 0.2) is 0 Å². The molecule has 2 aliphatic rings. The van der Waals surface area contributed by atoms with Gasteiger partial charge in [0, 0.05) is 36.2 Å². The molecule has 12 heteroatoms. The van der Waals surface area contributed by atoms with E-state index in [2.05, 4.69) is 20.6 Å². The predicted octanol–water partition coefficient (Wildman–Crippen LogP) is 4.08. The van der Waals surface area contributed by atoms with Gasteiger partial charge in [-0.2, -0.15) is 0 Å². The number of ether oxygens (including phenoxy) is 3. The summed E-state index contributed by atoms with van der Waals surface area (Å²) in [6, 6.07) is 7.99. The number of morpholine rings is 1. The summed E-state index contributed by atoms with van der Waals surface area (Å²) in [5, 5.41) is 7.15. The first kappa shape index (κ1) is 26.6.